The van der Waals surface area contributed by atoms with Gasteiger partial charge in [0.05, 0.1) is 0 Å². The Balaban J connectivity index is 2.03. The Labute approximate surface area is 132 Å². The van der Waals surface area contributed by atoms with Crippen molar-refractivity contribution < 1.29 is 9.53 Å². The third kappa shape index (κ3) is 3.88. The van der Waals surface area contributed by atoms with Crippen molar-refractivity contribution in [2.24, 2.45) is 0 Å². The Morgan fingerprint density at radius 3 is 2.59 bits per heavy atom. The van der Waals surface area contributed by atoms with Gasteiger partial charge in [0, 0.05) is 5.69 Å². The zero-order valence-electron chi connectivity index (χ0n) is 13.7. The summed E-state index contributed by atoms with van der Waals surface area (Å²) in [6.45, 7) is 8.08. The molecular weight excluding hydrogens is 274 g/mol. The fourth-order valence-electron chi connectivity index (χ4n) is 2.38. The Morgan fingerprint density at radius 2 is 1.86 bits per heavy atom. The zero-order chi connectivity index (χ0) is 16.1. The highest BCUT2D eigenvalue weighted by molar-refractivity contribution is 5.93. The lowest BCUT2D eigenvalue weighted by Crippen LogP contribution is -2.21. The monoisotopic (exact) mass is 297 g/mol. The first-order valence-corrected chi connectivity index (χ1v) is 7.59. The summed E-state index contributed by atoms with van der Waals surface area (Å²) in [6.07, 6.45) is 0.884. The zero-order valence-corrected chi connectivity index (χ0v) is 13.7. The molecule has 3 heteroatoms. The molecule has 22 heavy (non-hydrogen) atoms. The topological polar surface area (TPSA) is 38.3 Å². The summed E-state index contributed by atoms with van der Waals surface area (Å²) in [4.78, 5) is 12.2. The summed E-state index contributed by atoms with van der Waals surface area (Å²) >= 11 is 0. The second-order valence-corrected chi connectivity index (χ2v) is 5.57. The molecular formula is C19H23NO2. The standard InChI is InChI=1S/C19H23NO2/c1-5-16-8-6-7-15(4)19(16)20-18(21)12-22-17-11-13(2)9-10-14(17)3/h6-11H,5,12H2,1-4H3,(H,20,21). The SMILES string of the molecule is CCc1cccc(C)c1NC(=O)COc1cc(C)ccc1C. The van der Waals surface area contributed by atoms with Gasteiger partial charge in [0.15, 0.2) is 6.61 Å². The molecule has 0 atom stereocenters. The molecule has 0 aliphatic rings. The van der Waals surface area contributed by atoms with E-state index in [0.29, 0.717) is 0 Å². The predicted molar refractivity (Wildman–Crippen MR) is 90.6 cm³/mol. The van der Waals surface area contributed by atoms with Crippen LogP contribution in [-0.2, 0) is 11.2 Å². The molecule has 0 bridgehead atoms. The second-order valence-electron chi connectivity index (χ2n) is 5.57. The van der Waals surface area contributed by atoms with Crippen molar-refractivity contribution in [3.63, 3.8) is 0 Å². The summed E-state index contributed by atoms with van der Waals surface area (Å²) in [6, 6.07) is 12.0. The molecule has 0 aliphatic carbocycles. The minimum Gasteiger partial charge on any atom is -0.483 e. The summed E-state index contributed by atoms with van der Waals surface area (Å²) in [5.41, 5.74) is 5.26. The van der Waals surface area contributed by atoms with E-state index in [1.54, 1.807) is 0 Å². The summed E-state index contributed by atoms with van der Waals surface area (Å²) < 4.78 is 5.65. The van der Waals surface area contributed by atoms with Gasteiger partial charge in [0.25, 0.3) is 5.91 Å². The van der Waals surface area contributed by atoms with Gasteiger partial charge in [-0.15, -0.1) is 0 Å². The van der Waals surface area contributed by atoms with Crippen LogP contribution < -0.4 is 10.1 Å². The van der Waals surface area contributed by atoms with Crippen LogP contribution in [0.25, 0.3) is 0 Å². The van der Waals surface area contributed by atoms with Crippen LogP contribution in [-0.4, -0.2) is 12.5 Å². The van der Waals surface area contributed by atoms with E-state index < -0.39 is 0 Å². The Kier molecular flexibility index (Phi) is 5.21. The number of amides is 1. The summed E-state index contributed by atoms with van der Waals surface area (Å²) in [7, 11) is 0. The molecule has 2 aromatic carbocycles. The number of carbonyl (C=O) groups excluding carboxylic acids is 1. The Bertz CT molecular complexity index is 677. The lowest BCUT2D eigenvalue weighted by atomic mass is 10.1. The average molecular weight is 297 g/mol. The lowest BCUT2D eigenvalue weighted by Gasteiger charge is -2.14. The highest BCUT2D eigenvalue weighted by Crippen LogP contribution is 2.22. The van der Waals surface area contributed by atoms with Crippen LogP contribution in [0.4, 0.5) is 5.69 Å². The molecule has 0 aromatic heterocycles. The van der Waals surface area contributed by atoms with E-state index in [-0.39, 0.29) is 12.5 Å². The van der Waals surface area contributed by atoms with Gasteiger partial charge in [-0.2, -0.15) is 0 Å². The molecule has 0 radical (unpaired) electrons. The number of nitrogens with one attached hydrogen (secondary N) is 1. The number of rotatable bonds is 5. The molecule has 0 unspecified atom stereocenters. The van der Waals surface area contributed by atoms with Crippen LogP contribution in [0, 0.1) is 20.8 Å². The summed E-state index contributed by atoms with van der Waals surface area (Å²) in [5, 5.41) is 2.97. The van der Waals surface area contributed by atoms with E-state index in [1.165, 1.54) is 0 Å². The number of carbonyl (C=O) groups is 1. The number of hydrogen-bond donors (Lipinski definition) is 1. The smallest absolute Gasteiger partial charge is 0.262 e. The van der Waals surface area contributed by atoms with Gasteiger partial charge < -0.3 is 10.1 Å². The average Bonchev–Trinajstić information content (AvgIpc) is 2.50. The van der Waals surface area contributed by atoms with Crippen molar-refractivity contribution >= 4 is 11.6 Å². The number of para-hydroxylation sites is 1. The molecule has 0 fully saturated rings. The molecule has 2 rings (SSSR count). The largest absolute Gasteiger partial charge is 0.483 e. The highest BCUT2D eigenvalue weighted by Gasteiger charge is 2.10. The van der Waals surface area contributed by atoms with Crippen LogP contribution in [0.3, 0.4) is 0 Å². The van der Waals surface area contributed by atoms with E-state index in [2.05, 4.69) is 12.2 Å². The lowest BCUT2D eigenvalue weighted by molar-refractivity contribution is -0.118. The number of anilines is 1. The van der Waals surface area contributed by atoms with Gasteiger partial charge in [-0.05, 0) is 55.5 Å². The number of benzene rings is 2. The van der Waals surface area contributed by atoms with Crippen LogP contribution in [0.1, 0.15) is 29.2 Å². The van der Waals surface area contributed by atoms with Crippen molar-refractivity contribution in [1.29, 1.82) is 0 Å². The number of ether oxygens (including phenoxy) is 1. The third-order valence-electron chi connectivity index (χ3n) is 3.71. The molecule has 0 spiro atoms. The van der Waals surface area contributed by atoms with Gasteiger partial charge in [-0.3, -0.25) is 4.79 Å². The normalized spacial score (nSPS) is 10.4. The fraction of sp³-hybridized carbons (Fsp3) is 0.316. The fourth-order valence-corrected chi connectivity index (χ4v) is 2.38. The Morgan fingerprint density at radius 1 is 1.09 bits per heavy atom. The molecule has 116 valence electrons. The molecule has 2 aromatic rings. The van der Waals surface area contributed by atoms with Gasteiger partial charge >= 0.3 is 0 Å². The molecule has 1 N–H and O–H groups in total. The van der Waals surface area contributed by atoms with Crippen molar-refractivity contribution in [3.8, 4) is 5.75 Å². The van der Waals surface area contributed by atoms with E-state index in [9.17, 15) is 4.79 Å². The van der Waals surface area contributed by atoms with Crippen molar-refractivity contribution in [3.05, 3.63) is 58.7 Å². The van der Waals surface area contributed by atoms with E-state index in [4.69, 9.17) is 4.74 Å². The van der Waals surface area contributed by atoms with Gasteiger partial charge in [0.2, 0.25) is 0 Å². The molecule has 0 aliphatic heterocycles. The van der Waals surface area contributed by atoms with Crippen LogP contribution in [0.15, 0.2) is 36.4 Å². The van der Waals surface area contributed by atoms with Crippen LogP contribution in [0.2, 0.25) is 0 Å². The molecule has 0 saturated heterocycles. The third-order valence-corrected chi connectivity index (χ3v) is 3.71. The number of aryl methyl sites for hydroxylation is 4. The first kappa shape index (κ1) is 16.1. The minimum atomic E-state index is -0.134. The first-order valence-electron chi connectivity index (χ1n) is 7.59. The molecule has 0 saturated carbocycles. The highest BCUT2D eigenvalue weighted by atomic mass is 16.5. The molecule has 3 nitrogen and oxygen atoms in total. The quantitative estimate of drug-likeness (QED) is 0.898. The summed E-state index contributed by atoms with van der Waals surface area (Å²) in [5.74, 6) is 0.626. The van der Waals surface area contributed by atoms with Crippen molar-refractivity contribution in [2.75, 3.05) is 11.9 Å². The van der Waals surface area contributed by atoms with Gasteiger partial charge in [-0.1, -0.05) is 37.3 Å². The molecule has 1 amide bonds. The van der Waals surface area contributed by atoms with Gasteiger partial charge in [-0.25, -0.2) is 0 Å². The Hall–Kier alpha value is -2.29. The van der Waals surface area contributed by atoms with Crippen molar-refractivity contribution in [1.82, 2.24) is 0 Å². The first-order chi connectivity index (χ1) is 10.5. The van der Waals surface area contributed by atoms with E-state index >= 15 is 0 Å². The van der Waals surface area contributed by atoms with E-state index in [1.807, 2.05) is 57.2 Å². The maximum atomic E-state index is 12.2. The second kappa shape index (κ2) is 7.12. The van der Waals surface area contributed by atoms with E-state index in [0.717, 1.165) is 40.1 Å². The van der Waals surface area contributed by atoms with Crippen LogP contribution >= 0.6 is 0 Å². The van der Waals surface area contributed by atoms with Gasteiger partial charge in [0.1, 0.15) is 5.75 Å². The predicted octanol–water partition coefficient (Wildman–Crippen LogP) is 4.19. The van der Waals surface area contributed by atoms with Crippen LogP contribution in [0.5, 0.6) is 5.75 Å². The maximum absolute atomic E-state index is 12.2. The minimum absolute atomic E-state index is 0.0157. The maximum Gasteiger partial charge on any atom is 0.262 e. The molecule has 0 heterocycles. The van der Waals surface area contributed by atoms with Crippen molar-refractivity contribution in [2.45, 2.75) is 34.1 Å². The number of hydrogen-bond acceptors (Lipinski definition) is 2.